The Morgan fingerprint density at radius 1 is 1.06 bits per heavy atom. The minimum atomic E-state index is -3.69. The normalized spacial score (nSPS) is 12.5. The zero-order chi connectivity index (χ0) is 14.0. The lowest BCUT2D eigenvalue weighted by Gasteiger charge is -2.19. The second-order valence-electron chi connectivity index (χ2n) is 5.00. The molecule has 0 saturated heterocycles. The van der Waals surface area contributed by atoms with Gasteiger partial charge in [-0.05, 0) is 11.0 Å². The van der Waals surface area contributed by atoms with E-state index in [9.17, 15) is 9.36 Å². The summed E-state index contributed by atoms with van der Waals surface area (Å²) in [7, 11) is -1.29. The molecular formula is C13H19O4P. The Kier molecular flexibility index (Phi) is 4.49. The van der Waals surface area contributed by atoms with Crippen LogP contribution in [0.25, 0.3) is 0 Å². The number of carbonyl (C=O) groups is 1. The lowest BCUT2D eigenvalue weighted by molar-refractivity contribution is 0.102. The van der Waals surface area contributed by atoms with E-state index in [1.54, 1.807) is 12.1 Å². The maximum Gasteiger partial charge on any atom is 0.401 e. The first kappa shape index (κ1) is 15.1. The van der Waals surface area contributed by atoms with Crippen LogP contribution in [0, 0.1) is 0 Å². The molecule has 1 aromatic rings. The smallest absolute Gasteiger partial charge is 0.306 e. The summed E-state index contributed by atoms with van der Waals surface area (Å²) in [6.45, 7) is 6.25. The minimum Gasteiger partial charge on any atom is -0.306 e. The van der Waals surface area contributed by atoms with Gasteiger partial charge in [0.2, 0.25) is 0 Å². The van der Waals surface area contributed by atoms with Crippen LogP contribution in [-0.2, 0) is 19.0 Å². The largest absolute Gasteiger partial charge is 0.401 e. The molecule has 0 aromatic heterocycles. The summed E-state index contributed by atoms with van der Waals surface area (Å²) >= 11 is 0. The van der Waals surface area contributed by atoms with Crippen molar-refractivity contribution < 1.29 is 18.4 Å². The number of benzene rings is 1. The summed E-state index contributed by atoms with van der Waals surface area (Å²) in [6.07, 6.45) is 0. The predicted molar refractivity (Wildman–Crippen MR) is 71.1 cm³/mol. The molecule has 0 aliphatic rings. The van der Waals surface area contributed by atoms with Gasteiger partial charge in [0.05, 0.1) is 0 Å². The molecular weight excluding hydrogens is 251 g/mol. The second kappa shape index (κ2) is 5.35. The molecule has 1 rings (SSSR count). The molecule has 0 amide bonds. The fourth-order valence-electron chi connectivity index (χ4n) is 1.51. The summed E-state index contributed by atoms with van der Waals surface area (Å²) in [5.74, 6) is 0. The quantitative estimate of drug-likeness (QED) is 0.784. The van der Waals surface area contributed by atoms with Crippen molar-refractivity contribution >= 4 is 13.1 Å². The lowest BCUT2D eigenvalue weighted by Crippen LogP contribution is -2.11. The van der Waals surface area contributed by atoms with Gasteiger partial charge in [-0.3, -0.25) is 9.36 Å². The molecule has 0 spiro atoms. The van der Waals surface area contributed by atoms with Gasteiger partial charge >= 0.3 is 7.60 Å². The molecule has 100 valence electrons. The van der Waals surface area contributed by atoms with E-state index in [-0.39, 0.29) is 5.41 Å². The average molecular weight is 270 g/mol. The Hall–Kier alpha value is -0.960. The van der Waals surface area contributed by atoms with E-state index < -0.39 is 13.1 Å². The van der Waals surface area contributed by atoms with Crippen molar-refractivity contribution in [1.82, 2.24) is 0 Å². The topological polar surface area (TPSA) is 52.6 Å². The maximum atomic E-state index is 12.0. The Bertz CT molecular complexity index is 463. The van der Waals surface area contributed by atoms with Crippen LogP contribution in [0.15, 0.2) is 24.3 Å². The third kappa shape index (κ3) is 3.08. The van der Waals surface area contributed by atoms with Gasteiger partial charge in [-0.25, -0.2) is 0 Å². The summed E-state index contributed by atoms with van der Waals surface area (Å²) in [4.78, 5) is 12.0. The molecule has 0 radical (unpaired) electrons. The number of hydrogen-bond donors (Lipinski definition) is 0. The molecule has 4 nitrogen and oxygen atoms in total. The third-order valence-electron chi connectivity index (χ3n) is 2.73. The summed E-state index contributed by atoms with van der Waals surface area (Å²) in [5.41, 5.74) is 0.819. The van der Waals surface area contributed by atoms with Gasteiger partial charge in [0, 0.05) is 19.8 Å². The van der Waals surface area contributed by atoms with E-state index in [2.05, 4.69) is 29.8 Å². The van der Waals surface area contributed by atoms with Crippen LogP contribution in [0.3, 0.4) is 0 Å². The van der Waals surface area contributed by atoms with Crippen LogP contribution in [0.5, 0.6) is 0 Å². The van der Waals surface area contributed by atoms with Crippen LogP contribution >= 0.6 is 7.60 Å². The van der Waals surface area contributed by atoms with Crippen LogP contribution in [0.4, 0.5) is 0 Å². The lowest BCUT2D eigenvalue weighted by atomic mass is 9.87. The Balaban J connectivity index is 3.07. The fourth-order valence-corrected chi connectivity index (χ4v) is 2.46. The number of hydrogen-bond acceptors (Lipinski definition) is 4. The average Bonchev–Trinajstić information content (AvgIpc) is 2.36. The molecule has 0 saturated carbocycles. The Morgan fingerprint density at radius 3 is 1.83 bits per heavy atom. The molecule has 0 aliphatic heterocycles. The van der Waals surface area contributed by atoms with Crippen molar-refractivity contribution in [2.45, 2.75) is 26.2 Å². The first-order valence-corrected chi connectivity index (χ1v) is 7.16. The first-order valence-electron chi connectivity index (χ1n) is 5.61. The molecule has 0 heterocycles. The van der Waals surface area contributed by atoms with Crippen molar-refractivity contribution in [3.8, 4) is 0 Å². The fraction of sp³-hybridized carbons (Fsp3) is 0.462. The predicted octanol–water partition coefficient (Wildman–Crippen LogP) is 3.61. The summed E-state index contributed by atoms with van der Waals surface area (Å²) < 4.78 is 21.3. The number of rotatable bonds is 4. The second-order valence-corrected chi connectivity index (χ2v) is 7.13. The SMILES string of the molecule is COP(=O)(OC)C(=O)c1ccc(C(C)(C)C)cc1. The van der Waals surface area contributed by atoms with Crippen molar-refractivity contribution in [2.75, 3.05) is 14.2 Å². The van der Waals surface area contributed by atoms with E-state index in [0.717, 1.165) is 5.56 Å². The van der Waals surface area contributed by atoms with Gasteiger partial charge in [-0.1, -0.05) is 45.0 Å². The Morgan fingerprint density at radius 2 is 1.50 bits per heavy atom. The third-order valence-corrected chi connectivity index (χ3v) is 4.44. The molecule has 0 atom stereocenters. The summed E-state index contributed by atoms with van der Waals surface area (Å²) in [5, 5.41) is 0. The highest BCUT2D eigenvalue weighted by atomic mass is 31.2. The van der Waals surface area contributed by atoms with Gasteiger partial charge in [-0.2, -0.15) is 0 Å². The van der Waals surface area contributed by atoms with E-state index in [1.807, 2.05) is 12.1 Å². The summed E-state index contributed by atoms with van der Waals surface area (Å²) in [6, 6.07) is 6.99. The van der Waals surface area contributed by atoms with Crippen LogP contribution < -0.4 is 0 Å². The highest BCUT2D eigenvalue weighted by Crippen LogP contribution is 2.49. The van der Waals surface area contributed by atoms with Crippen LogP contribution in [-0.4, -0.2) is 19.7 Å². The van der Waals surface area contributed by atoms with Crippen molar-refractivity contribution in [2.24, 2.45) is 0 Å². The van der Waals surface area contributed by atoms with Gasteiger partial charge in [0.1, 0.15) is 0 Å². The van der Waals surface area contributed by atoms with Crippen molar-refractivity contribution in [3.05, 3.63) is 35.4 Å². The highest BCUT2D eigenvalue weighted by molar-refractivity contribution is 7.72. The van der Waals surface area contributed by atoms with E-state index >= 15 is 0 Å². The van der Waals surface area contributed by atoms with E-state index in [4.69, 9.17) is 0 Å². The van der Waals surface area contributed by atoms with E-state index in [1.165, 1.54) is 14.2 Å². The molecule has 0 aliphatic carbocycles. The zero-order valence-electron chi connectivity index (χ0n) is 11.4. The maximum absolute atomic E-state index is 12.0. The van der Waals surface area contributed by atoms with Crippen molar-refractivity contribution in [3.63, 3.8) is 0 Å². The molecule has 0 bridgehead atoms. The molecule has 18 heavy (non-hydrogen) atoms. The Labute approximate surface area is 108 Å². The highest BCUT2D eigenvalue weighted by Gasteiger charge is 2.33. The standard InChI is InChI=1S/C13H19O4P/c1-13(2,3)11-8-6-10(7-9-11)12(14)18(15,16-4)17-5/h6-9H,1-5H3. The van der Waals surface area contributed by atoms with E-state index in [0.29, 0.717) is 5.56 Å². The van der Waals surface area contributed by atoms with Gasteiger partial charge in [-0.15, -0.1) is 0 Å². The zero-order valence-corrected chi connectivity index (χ0v) is 12.3. The van der Waals surface area contributed by atoms with Crippen LogP contribution in [0.2, 0.25) is 0 Å². The molecule has 5 heteroatoms. The van der Waals surface area contributed by atoms with Gasteiger partial charge in [0.15, 0.2) is 0 Å². The van der Waals surface area contributed by atoms with Crippen LogP contribution in [0.1, 0.15) is 36.7 Å². The monoisotopic (exact) mass is 270 g/mol. The van der Waals surface area contributed by atoms with Crippen molar-refractivity contribution in [1.29, 1.82) is 0 Å². The number of carbonyl (C=O) groups excluding carboxylic acids is 1. The molecule has 0 unspecified atom stereocenters. The first-order chi connectivity index (χ1) is 8.24. The van der Waals surface area contributed by atoms with Gasteiger partial charge in [0.25, 0.3) is 5.52 Å². The van der Waals surface area contributed by atoms with Gasteiger partial charge < -0.3 is 9.05 Å². The molecule has 0 N–H and O–H groups in total. The molecule has 1 aromatic carbocycles. The minimum absolute atomic E-state index is 0.00772. The molecule has 0 fully saturated rings.